The summed E-state index contributed by atoms with van der Waals surface area (Å²) in [5.41, 5.74) is -1.02. The minimum atomic E-state index is -1.02. The van der Waals surface area contributed by atoms with E-state index in [-0.39, 0.29) is 11.9 Å². The van der Waals surface area contributed by atoms with E-state index in [1.54, 1.807) is 0 Å². The van der Waals surface area contributed by atoms with Gasteiger partial charge in [0.1, 0.15) is 0 Å². The van der Waals surface area contributed by atoms with Gasteiger partial charge in [0, 0.05) is 0 Å². The molecular weight excluding hydrogens is 340 g/mol. The van der Waals surface area contributed by atoms with Gasteiger partial charge in [-0.15, -0.1) is 0 Å². The van der Waals surface area contributed by atoms with Gasteiger partial charge >= 0.3 is 11.9 Å². The second-order valence-electron chi connectivity index (χ2n) is 8.10. The molecule has 0 aliphatic heterocycles. The third kappa shape index (κ3) is 9.12. The van der Waals surface area contributed by atoms with Crippen LogP contribution >= 0.6 is 0 Å². The fraction of sp³-hybridized carbons (Fsp3) is 0.913. The highest BCUT2D eigenvalue weighted by molar-refractivity contribution is 6.00. The number of hydrogen-bond donors (Lipinski definition) is 0. The van der Waals surface area contributed by atoms with Crippen LogP contribution in [0.25, 0.3) is 0 Å². The summed E-state index contributed by atoms with van der Waals surface area (Å²) in [7, 11) is 0. The first kappa shape index (κ1) is 24.0. The summed E-state index contributed by atoms with van der Waals surface area (Å²) in [6.45, 7) is 5.26. The lowest BCUT2D eigenvalue weighted by atomic mass is 9.86. The Kier molecular flexibility index (Phi) is 13.3. The third-order valence-electron chi connectivity index (χ3n) is 5.70. The summed E-state index contributed by atoms with van der Waals surface area (Å²) in [6, 6.07) is 0. The maximum absolute atomic E-state index is 12.6. The molecule has 0 aromatic carbocycles. The average molecular weight is 383 g/mol. The van der Waals surface area contributed by atoms with E-state index in [4.69, 9.17) is 9.47 Å². The molecule has 0 aromatic heterocycles. The lowest BCUT2D eigenvalue weighted by Crippen LogP contribution is -2.40. The molecular formula is C23H42O4. The molecule has 0 N–H and O–H groups in total. The Bertz CT molecular complexity index is 367. The third-order valence-corrected chi connectivity index (χ3v) is 5.70. The van der Waals surface area contributed by atoms with E-state index in [9.17, 15) is 9.59 Å². The number of esters is 2. The Hall–Kier alpha value is -1.06. The van der Waals surface area contributed by atoms with Crippen molar-refractivity contribution in [2.24, 2.45) is 5.41 Å². The Balaban J connectivity index is 2.27. The standard InChI is InChI=1S/C23H42O4/c1-3-5-7-9-11-15-19-26-21(24)23(17-13-14-18-23)22(25)27-20-16-12-10-8-6-4-2/h3-20H2,1-2H3. The topological polar surface area (TPSA) is 52.6 Å². The van der Waals surface area contributed by atoms with Gasteiger partial charge in [-0.3, -0.25) is 9.59 Å². The molecule has 27 heavy (non-hydrogen) atoms. The second kappa shape index (κ2) is 14.9. The maximum atomic E-state index is 12.6. The molecule has 4 nitrogen and oxygen atoms in total. The van der Waals surface area contributed by atoms with Gasteiger partial charge in [-0.2, -0.15) is 0 Å². The van der Waals surface area contributed by atoms with Gasteiger partial charge in [0.15, 0.2) is 5.41 Å². The minimum absolute atomic E-state index is 0.346. The zero-order valence-corrected chi connectivity index (χ0v) is 17.9. The Morgan fingerprint density at radius 3 is 1.41 bits per heavy atom. The molecule has 0 amide bonds. The van der Waals surface area contributed by atoms with E-state index < -0.39 is 5.41 Å². The van der Waals surface area contributed by atoms with Crippen LogP contribution in [0.15, 0.2) is 0 Å². The number of ether oxygens (including phenoxy) is 2. The van der Waals surface area contributed by atoms with Crippen LogP contribution in [0.5, 0.6) is 0 Å². The van der Waals surface area contributed by atoms with Crippen LogP contribution in [0, 0.1) is 5.41 Å². The largest absolute Gasteiger partial charge is 0.465 e. The van der Waals surface area contributed by atoms with Gasteiger partial charge in [-0.25, -0.2) is 0 Å². The van der Waals surface area contributed by atoms with E-state index in [1.165, 1.54) is 51.4 Å². The Labute approximate surface area is 166 Å². The van der Waals surface area contributed by atoms with Crippen molar-refractivity contribution in [3.05, 3.63) is 0 Å². The molecule has 0 spiro atoms. The number of hydrogen-bond acceptors (Lipinski definition) is 4. The van der Waals surface area contributed by atoms with Crippen molar-refractivity contribution in [3.8, 4) is 0 Å². The molecule has 0 radical (unpaired) electrons. The van der Waals surface area contributed by atoms with Gasteiger partial charge in [0.25, 0.3) is 0 Å². The van der Waals surface area contributed by atoms with Crippen LogP contribution in [0.4, 0.5) is 0 Å². The smallest absolute Gasteiger partial charge is 0.323 e. The molecule has 1 aliphatic carbocycles. The molecule has 1 fully saturated rings. The normalized spacial score (nSPS) is 15.6. The molecule has 0 unspecified atom stereocenters. The van der Waals surface area contributed by atoms with Gasteiger partial charge in [0.2, 0.25) is 0 Å². The highest BCUT2D eigenvalue weighted by Gasteiger charge is 2.50. The van der Waals surface area contributed by atoms with Crippen LogP contribution in [0.1, 0.15) is 117 Å². The summed E-state index contributed by atoms with van der Waals surface area (Å²) < 4.78 is 11.0. The molecule has 1 saturated carbocycles. The summed E-state index contributed by atoms with van der Waals surface area (Å²) in [5.74, 6) is -0.692. The van der Waals surface area contributed by atoms with E-state index in [0.29, 0.717) is 26.1 Å². The number of unbranched alkanes of at least 4 members (excludes halogenated alkanes) is 10. The molecule has 0 saturated heterocycles. The first-order valence-corrected chi connectivity index (χ1v) is 11.5. The van der Waals surface area contributed by atoms with Crippen molar-refractivity contribution in [2.45, 2.75) is 117 Å². The van der Waals surface area contributed by atoms with E-state index >= 15 is 0 Å². The summed E-state index contributed by atoms with van der Waals surface area (Å²) >= 11 is 0. The first-order valence-electron chi connectivity index (χ1n) is 11.5. The van der Waals surface area contributed by atoms with Crippen molar-refractivity contribution in [2.75, 3.05) is 13.2 Å². The van der Waals surface area contributed by atoms with Gasteiger partial charge in [-0.05, 0) is 25.7 Å². The molecule has 0 bridgehead atoms. The second-order valence-corrected chi connectivity index (χ2v) is 8.10. The predicted molar refractivity (Wildman–Crippen MR) is 110 cm³/mol. The summed E-state index contributed by atoms with van der Waals surface area (Å²) in [5, 5.41) is 0. The zero-order chi connectivity index (χ0) is 19.8. The lowest BCUT2D eigenvalue weighted by Gasteiger charge is -2.24. The summed E-state index contributed by atoms with van der Waals surface area (Å²) in [4.78, 5) is 25.3. The first-order chi connectivity index (χ1) is 13.2. The maximum Gasteiger partial charge on any atom is 0.323 e. The molecule has 0 atom stereocenters. The zero-order valence-electron chi connectivity index (χ0n) is 17.9. The average Bonchev–Trinajstić information content (AvgIpc) is 3.17. The number of carbonyl (C=O) groups excluding carboxylic acids is 2. The highest BCUT2D eigenvalue weighted by Crippen LogP contribution is 2.40. The molecule has 0 heterocycles. The van der Waals surface area contributed by atoms with E-state index in [0.717, 1.165) is 38.5 Å². The molecule has 4 heteroatoms. The fourth-order valence-corrected chi connectivity index (χ4v) is 3.84. The molecule has 1 aliphatic rings. The predicted octanol–water partition coefficient (Wildman–Crippen LogP) is 6.35. The van der Waals surface area contributed by atoms with Gasteiger partial charge < -0.3 is 9.47 Å². The highest BCUT2D eigenvalue weighted by atomic mass is 16.6. The SMILES string of the molecule is CCCCCCCCOC(=O)C1(C(=O)OCCCCCCCC)CCCC1. The van der Waals surface area contributed by atoms with Crippen LogP contribution in [0.2, 0.25) is 0 Å². The van der Waals surface area contributed by atoms with Crippen molar-refractivity contribution >= 4 is 11.9 Å². The van der Waals surface area contributed by atoms with Crippen molar-refractivity contribution < 1.29 is 19.1 Å². The van der Waals surface area contributed by atoms with Crippen LogP contribution in [0.3, 0.4) is 0 Å². The van der Waals surface area contributed by atoms with Crippen LogP contribution in [-0.2, 0) is 19.1 Å². The number of carbonyl (C=O) groups is 2. The Morgan fingerprint density at radius 1 is 0.630 bits per heavy atom. The Morgan fingerprint density at radius 2 is 1.00 bits per heavy atom. The van der Waals surface area contributed by atoms with Gasteiger partial charge in [-0.1, -0.05) is 90.9 Å². The quantitative estimate of drug-likeness (QED) is 0.177. The minimum Gasteiger partial charge on any atom is -0.465 e. The molecule has 0 aromatic rings. The monoisotopic (exact) mass is 382 g/mol. The molecule has 158 valence electrons. The van der Waals surface area contributed by atoms with E-state index in [2.05, 4.69) is 13.8 Å². The number of rotatable bonds is 16. The van der Waals surface area contributed by atoms with Gasteiger partial charge in [0.05, 0.1) is 13.2 Å². The van der Waals surface area contributed by atoms with Crippen molar-refractivity contribution in [1.82, 2.24) is 0 Å². The van der Waals surface area contributed by atoms with E-state index in [1.807, 2.05) is 0 Å². The summed E-state index contributed by atoms with van der Waals surface area (Å²) in [6.07, 6.45) is 16.8. The fourth-order valence-electron chi connectivity index (χ4n) is 3.84. The van der Waals surface area contributed by atoms with Crippen molar-refractivity contribution in [3.63, 3.8) is 0 Å². The van der Waals surface area contributed by atoms with Crippen LogP contribution < -0.4 is 0 Å². The molecule has 1 rings (SSSR count). The van der Waals surface area contributed by atoms with Crippen LogP contribution in [-0.4, -0.2) is 25.2 Å². The van der Waals surface area contributed by atoms with Crippen molar-refractivity contribution in [1.29, 1.82) is 0 Å². The lowest BCUT2D eigenvalue weighted by molar-refractivity contribution is -0.172.